The standard InChI is InChI=1S/C14H18N2O3/c1-2-18-12-6-4-3-5-11(12)16-10-14(19-13(16)17)7-8-15-9-14/h3-6,15H,2,7-10H2,1H3. The Morgan fingerprint density at radius 2 is 2.32 bits per heavy atom. The van der Waals surface area contributed by atoms with E-state index in [9.17, 15) is 4.79 Å². The monoisotopic (exact) mass is 262 g/mol. The van der Waals surface area contributed by atoms with E-state index in [2.05, 4.69) is 5.32 Å². The summed E-state index contributed by atoms with van der Waals surface area (Å²) in [6, 6.07) is 7.59. The van der Waals surface area contributed by atoms with Gasteiger partial charge in [0.1, 0.15) is 11.4 Å². The van der Waals surface area contributed by atoms with Crippen LogP contribution in [0.1, 0.15) is 13.3 Å². The number of amides is 1. The third-order valence-electron chi connectivity index (χ3n) is 3.63. The summed E-state index contributed by atoms with van der Waals surface area (Å²) in [5.74, 6) is 0.727. The van der Waals surface area contributed by atoms with E-state index < -0.39 is 0 Å². The molecule has 2 aliphatic heterocycles. The van der Waals surface area contributed by atoms with Crippen LogP contribution in [0.4, 0.5) is 10.5 Å². The van der Waals surface area contributed by atoms with Gasteiger partial charge in [0.15, 0.2) is 0 Å². The van der Waals surface area contributed by atoms with Crippen molar-refractivity contribution < 1.29 is 14.3 Å². The molecule has 1 N–H and O–H groups in total. The van der Waals surface area contributed by atoms with Crippen LogP contribution in [0.15, 0.2) is 24.3 Å². The molecule has 0 aliphatic carbocycles. The Morgan fingerprint density at radius 3 is 3.05 bits per heavy atom. The van der Waals surface area contributed by atoms with Crippen molar-refractivity contribution in [1.29, 1.82) is 0 Å². The first-order valence-electron chi connectivity index (χ1n) is 6.67. The number of anilines is 1. The lowest BCUT2D eigenvalue weighted by atomic mass is 10.0. The van der Waals surface area contributed by atoms with Crippen LogP contribution in [0.3, 0.4) is 0 Å². The summed E-state index contributed by atoms with van der Waals surface area (Å²) in [5.41, 5.74) is 0.425. The van der Waals surface area contributed by atoms with Crippen molar-refractivity contribution in [2.45, 2.75) is 18.9 Å². The van der Waals surface area contributed by atoms with E-state index in [0.29, 0.717) is 13.2 Å². The Labute approximate surface area is 112 Å². The SMILES string of the molecule is CCOc1ccccc1N1CC2(CCNC2)OC1=O. The molecule has 1 spiro atoms. The summed E-state index contributed by atoms with van der Waals surface area (Å²) in [7, 11) is 0. The highest BCUT2D eigenvalue weighted by Crippen LogP contribution is 2.36. The van der Waals surface area contributed by atoms with Gasteiger partial charge in [-0.25, -0.2) is 4.79 Å². The maximum absolute atomic E-state index is 12.1. The van der Waals surface area contributed by atoms with Crippen molar-refractivity contribution in [3.8, 4) is 5.75 Å². The lowest BCUT2D eigenvalue weighted by Gasteiger charge is -2.20. The summed E-state index contributed by atoms with van der Waals surface area (Å²) >= 11 is 0. The predicted molar refractivity (Wildman–Crippen MR) is 71.7 cm³/mol. The first-order valence-corrected chi connectivity index (χ1v) is 6.67. The fourth-order valence-corrected chi connectivity index (χ4v) is 2.71. The molecule has 1 unspecified atom stereocenters. The van der Waals surface area contributed by atoms with E-state index in [-0.39, 0.29) is 11.7 Å². The molecule has 1 aromatic carbocycles. The zero-order valence-electron chi connectivity index (χ0n) is 11.0. The van der Waals surface area contributed by atoms with Crippen molar-refractivity contribution >= 4 is 11.8 Å². The highest BCUT2D eigenvalue weighted by molar-refractivity contribution is 5.92. The predicted octanol–water partition coefficient (Wildman–Crippen LogP) is 1.77. The van der Waals surface area contributed by atoms with Crippen LogP contribution >= 0.6 is 0 Å². The lowest BCUT2D eigenvalue weighted by molar-refractivity contribution is 0.0733. The Balaban J connectivity index is 1.88. The first kappa shape index (κ1) is 12.3. The van der Waals surface area contributed by atoms with Gasteiger partial charge in [0, 0.05) is 13.0 Å². The molecule has 19 heavy (non-hydrogen) atoms. The van der Waals surface area contributed by atoms with Gasteiger partial charge in [0.05, 0.1) is 18.8 Å². The van der Waals surface area contributed by atoms with Gasteiger partial charge in [-0.15, -0.1) is 0 Å². The molecule has 3 rings (SSSR count). The quantitative estimate of drug-likeness (QED) is 0.902. The second kappa shape index (κ2) is 4.74. The first-order chi connectivity index (χ1) is 9.24. The fourth-order valence-electron chi connectivity index (χ4n) is 2.71. The van der Waals surface area contributed by atoms with Gasteiger partial charge in [0.2, 0.25) is 0 Å². The van der Waals surface area contributed by atoms with Gasteiger partial charge in [-0.05, 0) is 25.6 Å². The second-order valence-corrected chi connectivity index (χ2v) is 4.96. The van der Waals surface area contributed by atoms with Gasteiger partial charge in [0.25, 0.3) is 0 Å². The van der Waals surface area contributed by atoms with Crippen LogP contribution in [0, 0.1) is 0 Å². The van der Waals surface area contributed by atoms with Crippen molar-refractivity contribution in [2.75, 3.05) is 31.1 Å². The van der Waals surface area contributed by atoms with E-state index >= 15 is 0 Å². The van der Waals surface area contributed by atoms with Crippen molar-refractivity contribution in [2.24, 2.45) is 0 Å². The molecular weight excluding hydrogens is 244 g/mol. The summed E-state index contributed by atoms with van der Waals surface area (Å²) < 4.78 is 11.2. The third-order valence-corrected chi connectivity index (χ3v) is 3.63. The molecule has 2 fully saturated rings. The largest absolute Gasteiger partial charge is 0.492 e. The van der Waals surface area contributed by atoms with E-state index in [0.717, 1.165) is 30.9 Å². The van der Waals surface area contributed by atoms with Gasteiger partial charge < -0.3 is 14.8 Å². The average Bonchev–Trinajstić information content (AvgIpc) is 2.98. The lowest BCUT2D eigenvalue weighted by Crippen LogP contribution is -2.36. The number of carbonyl (C=O) groups is 1. The number of ether oxygens (including phenoxy) is 2. The zero-order chi connectivity index (χ0) is 13.3. The molecule has 0 saturated carbocycles. The maximum Gasteiger partial charge on any atom is 0.415 e. The number of nitrogens with one attached hydrogen (secondary N) is 1. The smallest absolute Gasteiger partial charge is 0.415 e. The molecule has 2 saturated heterocycles. The normalized spacial score (nSPS) is 25.9. The average molecular weight is 262 g/mol. The van der Waals surface area contributed by atoms with E-state index in [4.69, 9.17) is 9.47 Å². The van der Waals surface area contributed by atoms with Gasteiger partial charge in [-0.1, -0.05) is 12.1 Å². The van der Waals surface area contributed by atoms with Crippen LogP contribution in [0.25, 0.3) is 0 Å². The summed E-state index contributed by atoms with van der Waals surface area (Å²) in [4.78, 5) is 13.8. The van der Waals surface area contributed by atoms with Crippen molar-refractivity contribution in [3.05, 3.63) is 24.3 Å². The molecule has 0 radical (unpaired) electrons. The second-order valence-electron chi connectivity index (χ2n) is 4.96. The molecule has 1 amide bonds. The highest BCUT2D eigenvalue weighted by atomic mass is 16.6. The molecule has 1 atom stereocenters. The van der Waals surface area contributed by atoms with E-state index in [1.165, 1.54) is 0 Å². The Morgan fingerprint density at radius 1 is 1.47 bits per heavy atom. The number of nitrogens with zero attached hydrogens (tertiary/aromatic N) is 1. The number of benzene rings is 1. The van der Waals surface area contributed by atoms with Crippen LogP contribution < -0.4 is 15.0 Å². The van der Waals surface area contributed by atoms with Gasteiger partial charge in [-0.2, -0.15) is 0 Å². The van der Waals surface area contributed by atoms with Crippen LogP contribution in [-0.2, 0) is 4.74 Å². The molecular formula is C14H18N2O3. The van der Waals surface area contributed by atoms with Gasteiger partial charge >= 0.3 is 6.09 Å². The molecule has 5 heteroatoms. The molecule has 2 heterocycles. The van der Waals surface area contributed by atoms with Crippen LogP contribution in [-0.4, -0.2) is 37.9 Å². The number of rotatable bonds is 3. The minimum Gasteiger partial charge on any atom is -0.492 e. The summed E-state index contributed by atoms with van der Waals surface area (Å²) in [5, 5.41) is 3.25. The topological polar surface area (TPSA) is 50.8 Å². The molecule has 1 aromatic rings. The zero-order valence-corrected chi connectivity index (χ0v) is 11.0. The molecule has 0 bridgehead atoms. The maximum atomic E-state index is 12.1. The minimum atomic E-state index is -0.365. The number of hydrogen-bond acceptors (Lipinski definition) is 4. The minimum absolute atomic E-state index is 0.282. The summed E-state index contributed by atoms with van der Waals surface area (Å²) in [6.07, 6.45) is 0.585. The molecule has 2 aliphatic rings. The summed E-state index contributed by atoms with van der Waals surface area (Å²) in [6.45, 7) is 4.72. The van der Waals surface area contributed by atoms with Crippen molar-refractivity contribution in [3.63, 3.8) is 0 Å². The molecule has 102 valence electrons. The Kier molecular flexibility index (Phi) is 3.06. The number of carbonyl (C=O) groups excluding carboxylic acids is 1. The number of para-hydroxylation sites is 2. The van der Waals surface area contributed by atoms with Crippen LogP contribution in [0.2, 0.25) is 0 Å². The highest BCUT2D eigenvalue weighted by Gasteiger charge is 2.48. The Hall–Kier alpha value is -1.75. The molecule has 5 nitrogen and oxygen atoms in total. The van der Waals surface area contributed by atoms with E-state index in [1.54, 1.807) is 4.90 Å². The van der Waals surface area contributed by atoms with Crippen LogP contribution in [0.5, 0.6) is 5.75 Å². The Bertz CT molecular complexity index is 483. The third kappa shape index (κ3) is 2.14. The molecule has 0 aromatic heterocycles. The van der Waals surface area contributed by atoms with Crippen molar-refractivity contribution in [1.82, 2.24) is 5.32 Å². The van der Waals surface area contributed by atoms with Gasteiger partial charge in [-0.3, -0.25) is 4.90 Å². The number of hydrogen-bond donors (Lipinski definition) is 1. The van der Waals surface area contributed by atoms with E-state index in [1.807, 2.05) is 31.2 Å². The fraction of sp³-hybridized carbons (Fsp3) is 0.500.